The summed E-state index contributed by atoms with van der Waals surface area (Å²) in [5.74, 6) is 0.648. The molecule has 1 aromatic heterocycles. The van der Waals surface area contributed by atoms with Crippen molar-refractivity contribution in [3.8, 4) is 11.3 Å². The van der Waals surface area contributed by atoms with Gasteiger partial charge in [0.25, 0.3) is 5.91 Å². The predicted octanol–water partition coefficient (Wildman–Crippen LogP) is 3.86. The van der Waals surface area contributed by atoms with E-state index in [2.05, 4.69) is 5.16 Å². The van der Waals surface area contributed by atoms with E-state index in [9.17, 15) is 9.59 Å². The number of rotatable bonds is 2. The van der Waals surface area contributed by atoms with Gasteiger partial charge in [-0.25, -0.2) is 4.79 Å². The van der Waals surface area contributed by atoms with Crippen molar-refractivity contribution in [2.24, 2.45) is 0 Å². The molecule has 3 amide bonds. The molecule has 0 spiro atoms. The van der Waals surface area contributed by atoms with Gasteiger partial charge in [0.15, 0.2) is 5.76 Å². The van der Waals surface area contributed by atoms with Crippen molar-refractivity contribution < 1.29 is 14.1 Å². The van der Waals surface area contributed by atoms with E-state index in [1.165, 1.54) is 6.42 Å². The van der Waals surface area contributed by atoms with Crippen molar-refractivity contribution in [2.45, 2.75) is 19.3 Å². The Labute approximate surface area is 181 Å². The number of carbonyl (C=O) groups excluding carboxylic acids is 2. The molecule has 2 saturated heterocycles. The molecule has 5 rings (SSSR count). The Bertz CT molecular complexity index is 1080. The number of nitrogens with zero attached hydrogens (tertiary/aromatic N) is 4. The minimum Gasteiger partial charge on any atom is -0.355 e. The van der Waals surface area contributed by atoms with Crippen LogP contribution in [0.2, 0.25) is 0 Å². The van der Waals surface area contributed by atoms with E-state index >= 15 is 0 Å². The highest BCUT2D eigenvalue weighted by Crippen LogP contribution is 2.29. The molecule has 0 unspecified atom stereocenters. The summed E-state index contributed by atoms with van der Waals surface area (Å²) >= 11 is 0. The van der Waals surface area contributed by atoms with Crippen molar-refractivity contribution in [1.82, 2.24) is 19.9 Å². The highest BCUT2D eigenvalue weighted by atomic mass is 16.5. The van der Waals surface area contributed by atoms with Gasteiger partial charge in [0.1, 0.15) is 5.52 Å². The van der Waals surface area contributed by atoms with Gasteiger partial charge in [-0.1, -0.05) is 35.5 Å². The zero-order valence-corrected chi connectivity index (χ0v) is 17.5. The molecule has 2 aliphatic rings. The summed E-state index contributed by atoms with van der Waals surface area (Å²) in [7, 11) is 0. The first-order valence-electron chi connectivity index (χ1n) is 11.0. The summed E-state index contributed by atoms with van der Waals surface area (Å²) in [4.78, 5) is 31.5. The first-order valence-corrected chi connectivity index (χ1v) is 11.0. The van der Waals surface area contributed by atoms with Crippen LogP contribution in [0.4, 0.5) is 4.79 Å². The van der Waals surface area contributed by atoms with Crippen LogP contribution in [0.5, 0.6) is 0 Å². The lowest BCUT2D eigenvalue weighted by atomic mass is 10.1. The van der Waals surface area contributed by atoms with Gasteiger partial charge in [0, 0.05) is 50.4 Å². The Morgan fingerprint density at radius 3 is 2.19 bits per heavy atom. The molecule has 3 aromatic rings. The maximum Gasteiger partial charge on any atom is 0.320 e. The zero-order chi connectivity index (χ0) is 21.2. The van der Waals surface area contributed by atoms with E-state index in [0.29, 0.717) is 37.5 Å². The number of likely N-dealkylation sites (tertiary alicyclic amines) is 1. The van der Waals surface area contributed by atoms with Crippen LogP contribution in [0.3, 0.4) is 0 Å². The smallest absolute Gasteiger partial charge is 0.320 e. The largest absolute Gasteiger partial charge is 0.355 e. The summed E-state index contributed by atoms with van der Waals surface area (Å²) in [6.45, 7) is 3.94. The molecule has 31 heavy (non-hydrogen) atoms. The fourth-order valence-corrected chi connectivity index (χ4v) is 4.44. The second kappa shape index (κ2) is 8.41. The Morgan fingerprint density at radius 2 is 1.45 bits per heavy atom. The monoisotopic (exact) mass is 418 g/mol. The minimum atomic E-state index is -0.0211. The molecule has 2 aromatic carbocycles. The molecular weight excluding hydrogens is 392 g/mol. The molecule has 0 atom stereocenters. The van der Waals surface area contributed by atoms with Crippen molar-refractivity contribution in [3.05, 3.63) is 54.1 Å². The zero-order valence-electron chi connectivity index (χ0n) is 17.5. The molecule has 2 aliphatic heterocycles. The molecule has 7 nitrogen and oxygen atoms in total. The Kier molecular flexibility index (Phi) is 5.32. The van der Waals surface area contributed by atoms with Gasteiger partial charge in [-0.05, 0) is 37.5 Å². The number of hydrogen-bond donors (Lipinski definition) is 0. The van der Waals surface area contributed by atoms with E-state index in [4.69, 9.17) is 4.52 Å². The fourth-order valence-electron chi connectivity index (χ4n) is 4.44. The van der Waals surface area contributed by atoms with Crippen LogP contribution in [-0.4, -0.2) is 71.1 Å². The maximum absolute atomic E-state index is 13.2. The maximum atomic E-state index is 13.2. The van der Waals surface area contributed by atoms with Crippen LogP contribution in [-0.2, 0) is 0 Å². The molecule has 0 saturated carbocycles. The van der Waals surface area contributed by atoms with Gasteiger partial charge in [-0.15, -0.1) is 0 Å². The normalized spacial score (nSPS) is 17.2. The van der Waals surface area contributed by atoms with Crippen LogP contribution in [0, 0.1) is 0 Å². The average molecular weight is 418 g/mol. The number of piperidine rings is 1. The summed E-state index contributed by atoms with van der Waals surface area (Å²) in [5.41, 5.74) is 2.27. The number of piperazine rings is 1. The minimum absolute atomic E-state index is 0.0211. The van der Waals surface area contributed by atoms with Gasteiger partial charge in [0.2, 0.25) is 0 Å². The quantitative estimate of drug-likeness (QED) is 0.634. The topological polar surface area (TPSA) is 69.9 Å². The second-order valence-electron chi connectivity index (χ2n) is 8.22. The number of aromatic nitrogens is 1. The standard InChI is InChI=1S/C24H26N4O3/c29-23(26-13-15-28(16-14-26)24(30)27-11-5-2-6-12-27)19-9-10-21-20(17-19)22(31-25-21)18-7-3-1-4-8-18/h1,3-4,7-10,17H,2,5-6,11-16H2. The first-order chi connectivity index (χ1) is 15.2. The molecule has 7 heteroatoms. The molecular formula is C24H26N4O3. The number of benzene rings is 2. The average Bonchev–Trinajstić information content (AvgIpc) is 3.27. The Balaban J connectivity index is 1.29. The van der Waals surface area contributed by atoms with Crippen LogP contribution in [0.15, 0.2) is 53.1 Å². The summed E-state index contributed by atoms with van der Waals surface area (Å²) in [5, 5.41) is 4.96. The van der Waals surface area contributed by atoms with Crippen molar-refractivity contribution in [1.29, 1.82) is 0 Å². The second-order valence-corrected chi connectivity index (χ2v) is 8.22. The van der Waals surface area contributed by atoms with Crippen LogP contribution >= 0.6 is 0 Å². The van der Waals surface area contributed by atoms with Gasteiger partial charge in [0.05, 0.1) is 5.39 Å². The van der Waals surface area contributed by atoms with Crippen LogP contribution in [0.1, 0.15) is 29.6 Å². The van der Waals surface area contributed by atoms with Crippen molar-refractivity contribution in [2.75, 3.05) is 39.3 Å². The Hall–Kier alpha value is -3.35. The predicted molar refractivity (Wildman–Crippen MR) is 118 cm³/mol. The molecule has 3 heterocycles. The highest BCUT2D eigenvalue weighted by molar-refractivity contribution is 6.01. The van der Waals surface area contributed by atoms with Crippen molar-refractivity contribution in [3.63, 3.8) is 0 Å². The van der Waals surface area contributed by atoms with E-state index in [1.807, 2.05) is 57.2 Å². The summed E-state index contributed by atoms with van der Waals surface area (Å²) < 4.78 is 5.56. The molecule has 0 N–H and O–H groups in total. The number of amides is 3. The lowest BCUT2D eigenvalue weighted by Gasteiger charge is -2.38. The number of urea groups is 1. The van der Waals surface area contributed by atoms with Crippen LogP contribution < -0.4 is 0 Å². The lowest BCUT2D eigenvalue weighted by molar-refractivity contribution is 0.0633. The molecule has 160 valence electrons. The third kappa shape index (κ3) is 3.87. The first kappa shape index (κ1) is 19.6. The summed E-state index contributed by atoms with van der Waals surface area (Å²) in [6.07, 6.45) is 3.37. The summed E-state index contributed by atoms with van der Waals surface area (Å²) in [6, 6.07) is 15.4. The number of hydrogen-bond acceptors (Lipinski definition) is 4. The lowest BCUT2D eigenvalue weighted by Crippen LogP contribution is -2.54. The van der Waals surface area contributed by atoms with E-state index in [-0.39, 0.29) is 11.9 Å². The highest BCUT2D eigenvalue weighted by Gasteiger charge is 2.28. The van der Waals surface area contributed by atoms with Gasteiger partial charge in [-0.2, -0.15) is 0 Å². The Morgan fingerprint density at radius 1 is 0.774 bits per heavy atom. The van der Waals surface area contributed by atoms with Crippen LogP contribution in [0.25, 0.3) is 22.2 Å². The molecule has 2 fully saturated rings. The molecule has 0 bridgehead atoms. The molecule has 0 aliphatic carbocycles. The fraction of sp³-hybridized carbons (Fsp3) is 0.375. The van der Waals surface area contributed by atoms with Gasteiger partial charge in [-0.3, -0.25) is 4.79 Å². The third-order valence-electron chi connectivity index (χ3n) is 6.22. The third-order valence-corrected chi connectivity index (χ3v) is 6.22. The van der Waals surface area contributed by atoms with Gasteiger partial charge < -0.3 is 19.2 Å². The van der Waals surface area contributed by atoms with E-state index < -0.39 is 0 Å². The molecule has 0 radical (unpaired) electrons. The number of carbonyl (C=O) groups is 2. The van der Waals surface area contributed by atoms with E-state index in [0.717, 1.165) is 42.4 Å². The number of fused-ring (bicyclic) bond motifs is 1. The van der Waals surface area contributed by atoms with Gasteiger partial charge >= 0.3 is 6.03 Å². The van der Waals surface area contributed by atoms with Crippen molar-refractivity contribution >= 4 is 22.8 Å². The SMILES string of the molecule is O=C(c1ccc2noc(-c3ccccc3)c2c1)N1CCN(C(=O)N2CCCCC2)CC1. The van der Waals surface area contributed by atoms with E-state index in [1.54, 1.807) is 6.07 Å².